The van der Waals surface area contributed by atoms with E-state index in [0.717, 1.165) is 46.8 Å². The zero-order chi connectivity index (χ0) is 19.2. The van der Waals surface area contributed by atoms with Gasteiger partial charge in [0.25, 0.3) is 0 Å². The van der Waals surface area contributed by atoms with E-state index in [9.17, 15) is 4.39 Å². The molecule has 142 valence electrons. The lowest BCUT2D eigenvalue weighted by Crippen LogP contribution is -2.83. The molecule has 0 spiro atoms. The van der Waals surface area contributed by atoms with Gasteiger partial charge in [-0.15, -0.1) is 5.10 Å². The number of hydrogen-bond donors (Lipinski definition) is 1. The van der Waals surface area contributed by atoms with Crippen LogP contribution in [-0.2, 0) is 6.54 Å². The zero-order valence-corrected chi connectivity index (χ0v) is 15.8. The molecule has 4 aromatic rings. The molecule has 0 atom stereocenters. The first-order valence-electron chi connectivity index (χ1n) is 8.92. The number of hydrogen-bond acceptors (Lipinski definition) is 5. The first-order valence-corrected chi connectivity index (χ1v) is 9.91. The van der Waals surface area contributed by atoms with Gasteiger partial charge in [-0.25, -0.2) is 4.39 Å². The third-order valence-electron chi connectivity index (χ3n) is 4.13. The lowest BCUT2D eigenvalue weighted by molar-refractivity contribution is -0.668. The molecular formula is C20H19FN5OS+. The molecular weight excluding hydrogens is 377 g/mol. The van der Waals surface area contributed by atoms with Gasteiger partial charge in [0.15, 0.2) is 5.76 Å². The highest BCUT2D eigenvalue weighted by atomic mass is 32.2. The Bertz CT molecular complexity index is 1020. The van der Waals surface area contributed by atoms with Gasteiger partial charge in [0.1, 0.15) is 18.1 Å². The standard InChI is InChI=1S/C20H18FN5OS/c21-16-8-6-15(7-9-16)19-11-10-18(27-19)14-22-12-13-28-20-23-24-25-26(20)17-4-2-1-3-5-17/h1-11,22H,12-14H2/p+1. The zero-order valence-electron chi connectivity index (χ0n) is 15.0. The highest BCUT2D eigenvalue weighted by Crippen LogP contribution is 2.22. The number of thioether (sulfide) groups is 1. The maximum absolute atomic E-state index is 13.0. The second-order valence-electron chi connectivity index (χ2n) is 6.11. The van der Waals surface area contributed by atoms with Crippen LogP contribution in [0.1, 0.15) is 5.76 Å². The van der Waals surface area contributed by atoms with Gasteiger partial charge in [0.05, 0.1) is 18.0 Å². The summed E-state index contributed by atoms with van der Waals surface area (Å²) in [4.78, 5) is 0. The summed E-state index contributed by atoms with van der Waals surface area (Å²) < 4.78 is 20.6. The molecule has 0 unspecified atom stereocenters. The molecule has 0 fully saturated rings. The van der Waals surface area contributed by atoms with E-state index in [-0.39, 0.29) is 5.82 Å². The van der Waals surface area contributed by atoms with Gasteiger partial charge in [-0.1, -0.05) is 30.0 Å². The number of rotatable bonds is 8. The van der Waals surface area contributed by atoms with E-state index in [0.29, 0.717) is 0 Å². The molecule has 2 N–H and O–H groups in total. The lowest BCUT2D eigenvalue weighted by Gasteiger charge is -2.03. The molecule has 0 aliphatic carbocycles. The molecule has 0 aliphatic rings. The lowest BCUT2D eigenvalue weighted by atomic mass is 10.2. The minimum atomic E-state index is -0.250. The Hall–Kier alpha value is -2.97. The summed E-state index contributed by atoms with van der Waals surface area (Å²) in [7, 11) is 0. The molecule has 0 aliphatic heterocycles. The van der Waals surface area contributed by atoms with Gasteiger partial charge < -0.3 is 9.73 Å². The predicted octanol–water partition coefficient (Wildman–Crippen LogP) is 2.92. The number of para-hydroxylation sites is 1. The second kappa shape index (κ2) is 8.81. The third-order valence-corrected chi connectivity index (χ3v) is 5.08. The van der Waals surface area contributed by atoms with E-state index < -0.39 is 0 Å². The summed E-state index contributed by atoms with van der Waals surface area (Å²) in [6, 6.07) is 20.0. The van der Waals surface area contributed by atoms with Crippen molar-refractivity contribution in [1.29, 1.82) is 0 Å². The smallest absolute Gasteiger partial charge is 0.214 e. The highest BCUT2D eigenvalue weighted by Gasteiger charge is 2.10. The molecule has 2 heterocycles. The van der Waals surface area contributed by atoms with Crippen LogP contribution in [-0.4, -0.2) is 32.5 Å². The molecule has 0 saturated heterocycles. The molecule has 2 aromatic carbocycles. The molecule has 4 rings (SSSR count). The number of halogens is 1. The van der Waals surface area contributed by atoms with Gasteiger partial charge in [0.2, 0.25) is 5.16 Å². The van der Waals surface area contributed by atoms with Crippen molar-refractivity contribution in [3.63, 3.8) is 0 Å². The molecule has 0 amide bonds. The van der Waals surface area contributed by atoms with Crippen LogP contribution in [0.5, 0.6) is 0 Å². The fraction of sp³-hybridized carbons (Fsp3) is 0.150. The SMILES string of the molecule is Fc1ccc(-c2ccc(C[NH2+]CCSc3nnnn3-c3ccccc3)o2)cc1. The largest absolute Gasteiger partial charge is 0.455 e. The summed E-state index contributed by atoms with van der Waals surface area (Å²) in [6.45, 7) is 1.64. The van der Waals surface area contributed by atoms with Gasteiger partial charge in [-0.3, -0.25) is 0 Å². The fourth-order valence-electron chi connectivity index (χ4n) is 2.73. The molecule has 0 radical (unpaired) electrons. The number of aromatic nitrogens is 4. The molecule has 2 aromatic heterocycles. The highest BCUT2D eigenvalue weighted by molar-refractivity contribution is 7.99. The minimum absolute atomic E-state index is 0.250. The van der Waals surface area contributed by atoms with E-state index in [1.54, 1.807) is 28.6 Å². The van der Waals surface area contributed by atoms with Gasteiger partial charge in [0, 0.05) is 5.56 Å². The van der Waals surface area contributed by atoms with Crippen molar-refractivity contribution >= 4 is 11.8 Å². The Labute approximate surface area is 165 Å². The number of nitrogens with zero attached hydrogens (tertiary/aromatic N) is 4. The first-order chi connectivity index (χ1) is 13.8. The van der Waals surface area contributed by atoms with E-state index in [2.05, 4.69) is 20.8 Å². The van der Waals surface area contributed by atoms with Gasteiger partial charge >= 0.3 is 0 Å². The van der Waals surface area contributed by atoms with Crippen LogP contribution in [0.2, 0.25) is 0 Å². The second-order valence-corrected chi connectivity index (χ2v) is 7.17. The number of quaternary nitrogens is 1. The Morgan fingerprint density at radius 2 is 1.82 bits per heavy atom. The topological polar surface area (TPSA) is 73.3 Å². The summed E-state index contributed by atoms with van der Waals surface area (Å²) in [5.74, 6) is 2.26. The maximum atomic E-state index is 13.0. The minimum Gasteiger partial charge on any atom is -0.455 e. The molecule has 6 nitrogen and oxygen atoms in total. The van der Waals surface area contributed by atoms with Crippen molar-refractivity contribution < 1.29 is 14.1 Å². The normalized spacial score (nSPS) is 11.0. The summed E-state index contributed by atoms with van der Waals surface area (Å²) >= 11 is 1.62. The van der Waals surface area contributed by atoms with E-state index in [1.807, 2.05) is 42.5 Å². The van der Waals surface area contributed by atoms with E-state index >= 15 is 0 Å². The van der Waals surface area contributed by atoms with Crippen LogP contribution in [0.3, 0.4) is 0 Å². The van der Waals surface area contributed by atoms with Gasteiger partial charge in [-0.2, -0.15) is 4.68 Å². The molecule has 8 heteroatoms. The van der Waals surface area contributed by atoms with Crippen molar-refractivity contribution in [2.24, 2.45) is 0 Å². The van der Waals surface area contributed by atoms with Crippen molar-refractivity contribution in [3.8, 4) is 17.0 Å². The van der Waals surface area contributed by atoms with Crippen molar-refractivity contribution in [1.82, 2.24) is 20.2 Å². The molecule has 0 saturated carbocycles. The Balaban J connectivity index is 1.25. The van der Waals surface area contributed by atoms with Crippen LogP contribution in [0, 0.1) is 5.82 Å². The Morgan fingerprint density at radius 3 is 2.64 bits per heavy atom. The summed E-state index contributed by atoms with van der Waals surface area (Å²) in [5, 5.41) is 14.9. The Kier molecular flexibility index (Phi) is 5.79. The van der Waals surface area contributed by atoms with E-state index in [1.165, 1.54) is 12.1 Å². The van der Waals surface area contributed by atoms with Crippen molar-refractivity contribution in [3.05, 3.63) is 78.3 Å². The van der Waals surface area contributed by atoms with Crippen molar-refractivity contribution in [2.45, 2.75) is 11.7 Å². The van der Waals surface area contributed by atoms with Crippen molar-refractivity contribution in [2.75, 3.05) is 12.3 Å². The number of tetrazole rings is 1. The van der Waals surface area contributed by atoms with Crippen LogP contribution in [0.4, 0.5) is 4.39 Å². The average molecular weight is 396 g/mol. The maximum Gasteiger partial charge on any atom is 0.214 e. The first kappa shape index (κ1) is 18.4. The Morgan fingerprint density at radius 1 is 1.00 bits per heavy atom. The van der Waals surface area contributed by atoms with E-state index in [4.69, 9.17) is 4.42 Å². The number of furan rings is 1. The van der Waals surface area contributed by atoms with Crippen LogP contribution in [0.15, 0.2) is 76.3 Å². The summed E-state index contributed by atoms with van der Waals surface area (Å²) in [6.07, 6.45) is 0. The third kappa shape index (κ3) is 4.47. The quantitative estimate of drug-likeness (QED) is 0.366. The molecule has 0 bridgehead atoms. The van der Waals surface area contributed by atoms with Crippen LogP contribution < -0.4 is 5.32 Å². The number of benzene rings is 2. The molecule has 28 heavy (non-hydrogen) atoms. The van der Waals surface area contributed by atoms with Gasteiger partial charge in [-0.05, 0) is 59.0 Å². The van der Waals surface area contributed by atoms with Crippen LogP contribution in [0.25, 0.3) is 17.0 Å². The number of nitrogens with two attached hydrogens (primary N) is 1. The fourth-order valence-corrected chi connectivity index (χ4v) is 3.56. The monoisotopic (exact) mass is 396 g/mol. The average Bonchev–Trinajstić information content (AvgIpc) is 3.39. The predicted molar refractivity (Wildman–Crippen MR) is 104 cm³/mol. The van der Waals surface area contributed by atoms with Crippen LogP contribution >= 0.6 is 11.8 Å². The summed E-state index contributed by atoms with van der Waals surface area (Å²) in [5.41, 5.74) is 1.82.